The van der Waals surface area contributed by atoms with Crippen LogP contribution in [0.25, 0.3) is 0 Å². The third-order valence-electron chi connectivity index (χ3n) is 4.52. The maximum absolute atomic E-state index is 12.5. The molecule has 1 aromatic heterocycles. The van der Waals surface area contributed by atoms with Gasteiger partial charge in [0.05, 0.1) is 24.3 Å². The van der Waals surface area contributed by atoms with Gasteiger partial charge in [-0.2, -0.15) is 4.72 Å². The number of amides is 2. The van der Waals surface area contributed by atoms with Crippen LogP contribution in [0.2, 0.25) is 0 Å². The van der Waals surface area contributed by atoms with E-state index in [1.807, 2.05) is 0 Å². The van der Waals surface area contributed by atoms with Crippen LogP contribution in [0.15, 0.2) is 76.2 Å². The second kappa shape index (κ2) is 10.1. The van der Waals surface area contributed by atoms with E-state index < -0.39 is 22.0 Å². The Morgan fingerprint density at radius 1 is 1.03 bits per heavy atom. The molecule has 1 heterocycles. The average molecular weight is 458 g/mol. The summed E-state index contributed by atoms with van der Waals surface area (Å²) in [5.74, 6) is -0.111. The highest BCUT2D eigenvalue weighted by molar-refractivity contribution is 7.89. The van der Waals surface area contributed by atoms with E-state index in [1.54, 1.807) is 36.4 Å². The number of hydrogen-bond acceptors (Lipinski definition) is 6. The van der Waals surface area contributed by atoms with Crippen LogP contribution in [-0.4, -0.2) is 33.4 Å². The standard InChI is InChI=1S/C22H23N3O6S/c1-15(25-32(28,29)19-11-9-18(30-2)10-12-19)21(26)23-14-16-5-7-17(8-6-16)24-22(27)20-4-3-13-31-20/h3-13,15,25H,14H2,1-2H3,(H,23,26)(H,24,27)/t15-/m0/s1. The summed E-state index contributed by atoms with van der Waals surface area (Å²) >= 11 is 0. The summed E-state index contributed by atoms with van der Waals surface area (Å²) in [5.41, 5.74) is 1.35. The van der Waals surface area contributed by atoms with Crippen LogP contribution >= 0.6 is 0 Å². The summed E-state index contributed by atoms with van der Waals surface area (Å²) in [6.07, 6.45) is 1.42. The number of sulfonamides is 1. The predicted molar refractivity (Wildman–Crippen MR) is 118 cm³/mol. The average Bonchev–Trinajstić information content (AvgIpc) is 3.33. The number of benzene rings is 2. The summed E-state index contributed by atoms with van der Waals surface area (Å²) < 4.78 is 37.3. The van der Waals surface area contributed by atoms with E-state index in [0.717, 1.165) is 5.56 Å². The summed E-state index contributed by atoms with van der Waals surface area (Å²) in [5, 5.41) is 5.38. The second-order valence-corrected chi connectivity index (χ2v) is 8.58. The van der Waals surface area contributed by atoms with Crippen LogP contribution in [0.5, 0.6) is 5.75 Å². The van der Waals surface area contributed by atoms with Gasteiger partial charge in [-0.15, -0.1) is 0 Å². The van der Waals surface area contributed by atoms with E-state index in [9.17, 15) is 18.0 Å². The molecule has 0 aliphatic rings. The van der Waals surface area contributed by atoms with Gasteiger partial charge in [-0.3, -0.25) is 9.59 Å². The fourth-order valence-corrected chi connectivity index (χ4v) is 3.96. The van der Waals surface area contributed by atoms with Crippen LogP contribution in [-0.2, 0) is 21.4 Å². The molecule has 0 aliphatic carbocycles. The van der Waals surface area contributed by atoms with E-state index in [1.165, 1.54) is 44.6 Å². The number of furan rings is 1. The van der Waals surface area contributed by atoms with E-state index in [-0.39, 0.29) is 23.1 Å². The Hall–Kier alpha value is -3.63. The zero-order valence-corrected chi connectivity index (χ0v) is 18.3. The number of rotatable bonds is 9. The van der Waals surface area contributed by atoms with Crippen LogP contribution in [0.1, 0.15) is 23.0 Å². The number of methoxy groups -OCH3 is 1. The van der Waals surface area contributed by atoms with Crippen LogP contribution in [0.3, 0.4) is 0 Å². The van der Waals surface area contributed by atoms with Gasteiger partial charge in [0.25, 0.3) is 5.91 Å². The van der Waals surface area contributed by atoms with E-state index in [4.69, 9.17) is 9.15 Å². The first-order chi connectivity index (χ1) is 15.3. The normalized spacial score (nSPS) is 12.1. The molecule has 2 aromatic carbocycles. The molecule has 0 radical (unpaired) electrons. The smallest absolute Gasteiger partial charge is 0.291 e. The summed E-state index contributed by atoms with van der Waals surface area (Å²) in [6, 6.07) is 14.9. The lowest BCUT2D eigenvalue weighted by Gasteiger charge is -2.15. The maximum atomic E-state index is 12.5. The maximum Gasteiger partial charge on any atom is 0.291 e. The SMILES string of the molecule is COc1ccc(S(=O)(=O)N[C@@H](C)C(=O)NCc2ccc(NC(=O)c3ccco3)cc2)cc1. The van der Waals surface area contributed by atoms with Crippen molar-refractivity contribution in [3.63, 3.8) is 0 Å². The zero-order chi connectivity index (χ0) is 23.1. The third kappa shape index (κ3) is 5.96. The van der Waals surface area contributed by atoms with Gasteiger partial charge in [0.15, 0.2) is 5.76 Å². The number of carbonyl (C=O) groups is 2. The quantitative estimate of drug-likeness (QED) is 0.453. The van der Waals surface area contributed by atoms with Crippen molar-refractivity contribution < 1.29 is 27.2 Å². The lowest BCUT2D eigenvalue weighted by atomic mass is 10.2. The largest absolute Gasteiger partial charge is 0.497 e. The lowest BCUT2D eigenvalue weighted by Crippen LogP contribution is -2.44. The van der Waals surface area contributed by atoms with Gasteiger partial charge in [0.1, 0.15) is 5.75 Å². The Morgan fingerprint density at radius 3 is 2.31 bits per heavy atom. The van der Waals surface area contributed by atoms with Gasteiger partial charge in [-0.1, -0.05) is 12.1 Å². The Morgan fingerprint density at radius 2 is 1.72 bits per heavy atom. The molecule has 32 heavy (non-hydrogen) atoms. The van der Waals surface area contributed by atoms with Gasteiger partial charge < -0.3 is 19.8 Å². The predicted octanol–water partition coefficient (Wildman–Crippen LogP) is 2.52. The topological polar surface area (TPSA) is 127 Å². The number of hydrogen-bond donors (Lipinski definition) is 3. The highest BCUT2D eigenvalue weighted by Gasteiger charge is 2.22. The Balaban J connectivity index is 1.51. The molecule has 9 nitrogen and oxygen atoms in total. The molecule has 168 valence electrons. The van der Waals surface area contributed by atoms with Gasteiger partial charge in [-0.05, 0) is 61.0 Å². The molecule has 0 unspecified atom stereocenters. The first kappa shape index (κ1) is 23.0. The molecular formula is C22H23N3O6S. The minimum absolute atomic E-state index is 0.0325. The van der Waals surface area contributed by atoms with Crippen LogP contribution < -0.4 is 20.1 Å². The molecule has 0 saturated carbocycles. The molecule has 0 fully saturated rings. The lowest BCUT2D eigenvalue weighted by molar-refractivity contribution is -0.122. The molecule has 1 atom stereocenters. The van der Waals surface area contributed by atoms with Gasteiger partial charge in [-0.25, -0.2) is 8.42 Å². The van der Waals surface area contributed by atoms with E-state index >= 15 is 0 Å². The minimum atomic E-state index is -3.86. The number of carbonyl (C=O) groups excluding carboxylic acids is 2. The van der Waals surface area contributed by atoms with Crippen molar-refractivity contribution >= 4 is 27.5 Å². The summed E-state index contributed by atoms with van der Waals surface area (Å²) in [6.45, 7) is 1.66. The minimum Gasteiger partial charge on any atom is -0.497 e. The van der Waals surface area contributed by atoms with Crippen LogP contribution in [0, 0.1) is 0 Å². The third-order valence-corrected chi connectivity index (χ3v) is 6.08. The first-order valence-corrected chi connectivity index (χ1v) is 11.1. The number of ether oxygens (including phenoxy) is 1. The molecule has 3 rings (SSSR count). The van der Waals surface area contributed by atoms with Crippen molar-refractivity contribution in [2.24, 2.45) is 0 Å². The van der Waals surface area contributed by atoms with Gasteiger partial charge in [0.2, 0.25) is 15.9 Å². The molecule has 10 heteroatoms. The van der Waals surface area contributed by atoms with E-state index in [2.05, 4.69) is 15.4 Å². The van der Waals surface area contributed by atoms with Crippen molar-refractivity contribution in [1.82, 2.24) is 10.0 Å². The molecular weight excluding hydrogens is 434 g/mol. The Kier molecular flexibility index (Phi) is 7.29. The fourth-order valence-electron chi connectivity index (χ4n) is 2.76. The molecule has 2 amide bonds. The molecule has 0 spiro atoms. The van der Waals surface area contributed by atoms with Crippen molar-refractivity contribution in [2.75, 3.05) is 12.4 Å². The van der Waals surface area contributed by atoms with Crippen molar-refractivity contribution in [3.8, 4) is 5.75 Å². The molecule has 3 N–H and O–H groups in total. The molecule has 0 bridgehead atoms. The molecule has 0 aliphatic heterocycles. The Labute approximate surface area is 185 Å². The van der Waals surface area contributed by atoms with Gasteiger partial charge in [0, 0.05) is 12.2 Å². The zero-order valence-electron chi connectivity index (χ0n) is 17.5. The number of anilines is 1. The second-order valence-electron chi connectivity index (χ2n) is 6.86. The highest BCUT2D eigenvalue weighted by atomic mass is 32.2. The Bertz CT molecular complexity index is 1160. The summed E-state index contributed by atoms with van der Waals surface area (Å²) in [7, 11) is -2.38. The number of nitrogens with one attached hydrogen (secondary N) is 3. The van der Waals surface area contributed by atoms with Crippen LogP contribution in [0.4, 0.5) is 5.69 Å². The molecule has 0 saturated heterocycles. The first-order valence-electron chi connectivity index (χ1n) is 9.66. The van der Waals surface area contributed by atoms with Gasteiger partial charge >= 0.3 is 0 Å². The van der Waals surface area contributed by atoms with Crippen molar-refractivity contribution in [1.29, 1.82) is 0 Å². The highest BCUT2D eigenvalue weighted by Crippen LogP contribution is 2.16. The van der Waals surface area contributed by atoms with Crippen molar-refractivity contribution in [3.05, 3.63) is 78.3 Å². The molecule has 3 aromatic rings. The fraction of sp³-hybridized carbons (Fsp3) is 0.182. The van der Waals surface area contributed by atoms with Crippen molar-refractivity contribution in [2.45, 2.75) is 24.4 Å². The summed E-state index contributed by atoms with van der Waals surface area (Å²) in [4.78, 5) is 24.4. The monoisotopic (exact) mass is 457 g/mol. The van der Waals surface area contributed by atoms with E-state index in [0.29, 0.717) is 11.4 Å².